The van der Waals surface area contributed by atoms with Crippen molar-refractivity contribution in [1.29, 1.82) is 0 Å². The molecule has 1 aromatic heterocycles. The Morgan fingerprint density at radius 2 is 1.86 bits per heavy atom. The molecule has 0 fully saturated rings. The Labute approximate surface area is 170 Å². The number of hydrogen-bond donors (Lipinski definition) is 0. The first kappa shape index (κ1) is 20.3. The van der Waals surface area contributed by atoms with Gasteiger partial charge in [-0.3, -0.25) is 9.59 Å². The normalized spacial score (nSPS) is 11.8. The van der Waals surface area contributed by atoms with Gasteiger partial charge in [0.15, 0.2) is 15.6 Å². The molecule has 0 radical (unpaired) electrons. The summed E-state index contributed by atoms with van der Waals surface area (Å²) < 4.78 is 30.2. The van der Waals surface area contributed by atoms with E-state index >= 15 is 0 Å². The fraction of sp³-hybridized carbons (Fsp3) is 0.100. The first-order chi connectivity index (χ1) is 13.3. The molecule has 0 aliphatic rings. The summed E-state index contributed by atoms with van der Waals surface area (Å²) in [5.41, 5.74) is 0.723. The Morgan fingerprint density at radius 3 is 2.54 bits per heavy atom. The number of halogens is 1. The van der Waals surface area contributed by atoms with Crippen LogP contribution in [0.15, 0.2) is 64.3 Å². The first-order valence-corrected chi connectivity index (χ1v) is 10.9. The van der Waals surface area contributed by atoms with Crippen molar-refractivity contribution in [3.8, 4) is 5.75 Å². The topological polar surface area (TPSA) is 77.5 Å². The molecule has 8 heteroatoms. The Hall–Kier alpha value is -2.48. The summed E-state index contributed by atoms with van der Waals surface area (Å²) in [5.74, 6) is -0.718. The van der Waals surface area contributed by atoms with Crippen LogP contribution in [0.3, 0.4) is 0 Å². The SMILES string of the molecule is COc1ccc(C=CC(=O)CS(=O)(=O)c2cc3ccc(Cl)cc3sc2=O)cc1. The second-order valence-corrected chi connectivity index (χ2v) is 9.32. The number of hydrogen-bond acceptors (Lipinski definition) is 6. The van der Waals surface area contributed by atoms with Crippen molar-refractivity contribution < 1.29 is 17.9 Å². The molecule has 0 amide bonds. The van der Waals surface area contributed by atoms with Gasteiger partial charge in [0.25, 0.3) is 4.74 Å². The molecular formula is C20H15ClO5S2. The van der Waals surface area contributed by atoms with Gasteiger partial charge >= 0.3 is 0 Å². The van der Waals surface area contributed by atoms with Crippen LogP contribution in [-0.4, -0.2) is 27.1 Å². The van der Waals surface area contributed by atoms with Crippen LogP contribution in [0.1, 0.15) is 5.56 Å². The van der Waals surface area contributed by atoms with Crippen molar-refractivity contribution in [2.24, 2.45) is 0 Å². The maximum Gasteiger partial charge on any atom is 0.251 e. The van der Waals surface area contributed by atoms with E-state index < -0.39 is 26.1 Å². The van der Waals surface area contributed by atoms with Crippen molar-refractivity contribution in [2.45, 2.75) is 4.90 Å². The standard InChI is InChI=1S/C20H15ClO5S2/c1-26-17-8-3-13(4-9-17)2-7-16(22)12-28(24,25)19-10-14-5-6-15(21)11-18(14)27-20(19)23/h2-11H,12H2,1H3. The van der Waals surface area contributed by atoms with E-state index in [0.717, 1.165) is 16.9 Å². The fourth-order valence-electron chi connectivity index (χ4n) is 2.50. The minimum absolute atomic E-state index is 0.376. The number of carbonyl (C=O) groups is 1. The number of sulfone groups is 1. The van der Waals surface area contributed by atoms with Gasteiger partial charge in [0.2, 0.25) is 0 Å². The number of carbonyl (C=O) groups excluding carboxylic acids is 1. The highest BCUT2D eigenvalue weighted by Gasteiger charge is 2.22. The zero-order chi connectivity index (χ0) is 20.3. The number of benzene rings is 2. The van der Waals surface area contributed by atoms with Gasteiger partial charge in [-0.1, -0.05) is 47.2 Å². The Kier molecular flexibility index (Phi) is 5.98. The molecule has 0 aliphatic heterocycles. The van der Waals surface area contributed by atoms with E-state index in [-0.39, 0.29) is 4.90 Å². The van der Waals surface area contributed by atoms with Crippen LogP contribution in [0.5, 0.6) is 5.75 Å². The number of methoxy groups -OCH3 is 1. The molecule has 0 bridgehead atoms. The molecule has 1 heterocycles. The van der Waals surface area contributed by atoms with E-state index in [4.69, 9.17) is 16.3 Å². The average molecular weight is 435 g/mol. The predicted octanol–water partition coefficient (Wildman–Crippen LogP) is 3.98. The molecule has 3 rings (SSSR count). The van der Waals surface area contributed by atoms with Gasteiger partial charge in [-0.05, 0) is 47.4 Å². The molecule has 2 aromatic carbocycles. The largest absolute Gasteiger partial charge is 0.497 e. The monoisotopic (exact) mass is 434 g/mol. The first-order valence-electron chi connectivity index (χ1n) is 8.09. The summed E-state index contributed by atoms with van der Waals surface area (Å²) in [6.45, 7) is 0. The molecule has 0 aliphatic carbocycles. The minimum atomic E-state index is -4.06. The van der Waals surface area contributed by atoms with Gasteiger partial charge in [0, 0.05) is 9.72 Å². The number of allylic oxidation sites excluding steroid dienone is 1. The van der Waals surface area contributed by atoms with Gasteiger partial charge in [0.1, 0.15) is 16.4 Å². The van der Waals surface area contributed by atoms with Gasteiger partial charge < -0.3 is 4.74 Å². The number of fused-ring (bicyclic) bond motifs is 1. The number of ether oxygens (including phenoxy) is 1. The van der Waals surface area contributed by atoms with E-state index in [1.165, 1.54) is 18.2 Å². The Morgan fingerprint density at radius 1 is 1.14 bits per heavy atom. The zero-order valence-electron chi connectivity index (χ0n) is 14.7. The van der Waals surface area contributed by atoms with E-state index in [1.54, 1.807) is 49.6 Å². The van der Waals surface area contributed by atoms with Crippen LogP contribution in [0.4, 0.5) is 0 Å². The van der Waals surface area contributed by atoms with Crippen LogP contribution in [-0.2, 0) is 14.6 Å². The van der Waals surface area contributed by atoms with Gasteiger partial charge in [-0.25, -0.2) is 8.42 Å². The molecule has 0 saturated heterocycles. The van der Waals surface area contributed by atoms with Gasteiger partial charge in [-0.15, -0.1) is 0 Å². The summed E-state index contributed by atoms with van der Waals surface area (Å²) in [4.78, 5) is 24.0. The van der Waals surface area contributed by atoms with E-state index in [0.29, 0.717) is 20.9 Å². The molecule has 0 N–H and O–H groups in total. The van der Waals surface area contributed by atoms with Crippen LogP contribution in [0, 0.1) is 0 Å². The highest BCUT2D eigenvalue weighted by Crippen LogP contribution is 2.23. The zero-order valence-corrected chi connectivity index (χ0v) is 17.1. The minimum Gasteiger partial charge on any atom is -0.497 e. The molecule has 28 heavy (non-hydrogen) atoms. The quantitative estimate of drug-likeness (QED) is 0.548. The maximum absolute atomic E-state index is 12.6. The highest BCUT2D eigenvalue weighted by atomic mass is 35.5. The summed E-state index contributed by atoms with van der Waals surface area (Å²) in [6, 6.07) is 13.1. The number of rotatable bonds is 6. The summed E-state index contributed by atoms with van der Waals surface area (Å²) in [5, 5.41) is 1.03. The third-order valence-corrected chi connectivity index (χ3v) is 6.89. The van der Waals surface area contributed by atoms with Crippen molar-refractivity contribution in [2.75, 3.05) is 12.9 Å². The van der Waals surface area contributed by atoms with E-state index in [2.05, 4.69) is 0 Å². The van der Waals surface area contributed by atoms with Crippen LogP contribution in [0.2, 0.25) is 5.02 Å². The third-order valence-electron chi connectivity index (χ3n) is 3.91. The molecular weight excluding hydrogens is 420 g/mol. The average Bonchev–Trinajstić information content (AvgIpc) is 2.65. The number of ketones is 1. The predicted molar refractivity (Wildman–Crippen MR) is 112 cm³/mol. The smallest absolute Gasteiger partial charge is 0.251 e. The van der Waals surface area contributed by atoms with E-state index in [9.17, 15) is 18.0 Å². The van der Waals surface area contributed by atoms with Crippen LogP contribution < -0.4 is 9.48 Å². The molecule has 144 valence electrons. The highest BCUT2D eigenvalue weighted by molar-refractivity contribution is 7.92. The van der Waals surface area contributed by atoms with E-state index in [1.807, 2.05) is 0 Å². The van der Waals surface area contributed by atoms with Crippen molar-refractivity contribution in [3.63, 3.8) is 0 Å². The lowest BCUT2D eigenvalue weighted by molar-refractivity contribution is -0.112. The maximum atomic E-state index is 12.6. The molecule has 0 unspecified atom stereocenters. The fourth-order valence-corrected chi connectivity index (χ4v) is 5.22. The molecule has 0 saturated carbocycles. The van der Waals surface area contributed by atoms with Crippen molar-refractivity contribution in [3.05, 3.63) is 74.7 Å². The summed E-state index contributed by atoms with van der Waals surface area (Å²) in [6.07, 6.45) is 2.70. The third kappa shape index (κ3) is 4.67. The molecule has 0 spiro atoms. The lowest BCUT2D eigenvalue weighted by Gasteiger charge is -2.04. The van der Waals surface area contributed by atoms with Crippen LogP contribution >= 0.6 is 22.9 Å². The van der Waals surface area contributed by atoms with Crippen molar-refractivity contribution in [1.82, 2.24) is 0 Å². The Balaban J connectivity index is 1.82. The molecule has 0 atom stereocenters. The van der Waals surface area contributed by atoms with Gasteiger partial charge in [0.05, 0.1) is 7.11 Å². The van der Waals surface area contributed by atoms with Crippen LogP contribution in [0.25, 0.3) is 16.2 Å². The van der Waals surface area contributed by atoms with Gasteiger partial charge in [-0.2, -0.15) is 0 Å². The summed E-state index contributed by atoms with van der Waals surface area (Å²) in [7, 11) is -2.52. The second kappa shape index (κ2) is 8.26. The molecule has 3 aromatic rings. The second-order valence-electron chi connectivity index (χ2n) is 5.91. The Bertz CT molecular complexity index is 1230. The lowest BCUT2D eigenvalue weighted by atomic mass is 10.2. The lowest BCUT2D eigenvalue weighted by Crippen LogP contribution is -2.19. The van der Waals surface area contributed by atoms with Crippen molar-refractivity contribution >= 4 is 54.7 Å². The summed E-state index contributed by atoms with van der Waals surface area (Å²) >= 11 is 6.69. The molecule has 5 nitrogen and oxygen atoms in total.